The third kappa shape index (κ3) is 13.0. The molecular formula is C29H40N2O7S. The molecule has 10 heteroatoms. The SMILES string of the molecule is C=CCCCC(=O)NCCNC(=O)O/C(C=C)=C(/C=C\CCS/C=C/c1c(OC)cc(OC)cc1OC)OC. The molecular weight excluding hydrogens is 520 g/mol. The highest BCUT2D eigenvalue weighted by Crippen LogP contribution is 2.35. The molecule has 0 fully saturated rings. The summed E-state index contributed by atoms with van der Waals surface area (Å²) in [4.78, 5) is 23.8. The Morgan fingerprint density at radius 1 is 0.949 bits per heavy atom. The molecule has 0 heterocycles. The van der Waals surface area contributed by atoms with Crippen LogP contribution < -0.4 is 24.8 Å². The second-order valence-electron chi connectivity index (χ2n) is 7.79. The molecule has 0 saturated heterocycles. The summed E-state index contributed by atoms with van der Waals surface area (Å²) in [6.07, 6.45) is 10.8. The van der Waals surface area contributed by atoms with Gasteiger partial charge in [0.2, 0.25) is 5.91 Å². The number of unbranched alkanes of at least 4 members (excludes halogenated alkanes) is 1. The van der Waals surface area contributed by atoms with Gasteiger partial charge >= 0.3 is 6.09 Å². The predicted molar refractivity (Wildman–Crippen MR) is 157 cm³/mol. The number of amides is 2. The van der Waals surface area contributed by atoms with Crippen molar-refractivity contribution < 1.29 is 33.3 Å². The molecule has 0 atom stereocenters. The van der Waals surface area contributed by atoms with Gasteiger partial charge in [-0.25, -0.2) is 4.79 Å². The summed E-state index contributed by atoms with van der Waals surface area (Å²) in [5.74, 6) is 3.24. The summed E-state index contributed by atoms with van der Waals surface area (Å²) in [6.45, 7) is 7.85. The zero-order valence-corrected chi connectivity index (χ0v) is 24.1. The van der Waals surface area contributed by atoms with Crippen molar-refractivity contribution in [2.24, 2.45) is 0 Å². The minimum absolute atomic E-state index is 0.0701. The van der Waals surface area contributed by atoms with Gasteiger partial charge in [-0.1, -0.05) is 18.7 Å². The van der Waals surface area contributed by atoms with Crippen molar-refractivity contribution in [1.29, 1.82) is 0 Å². The summed E-state index contributed by atoms with van der Waals surface area (Å²) in [7, 11) is 6.28. The number of thioether (sulfide) groups is 1. The molecule has 1 aromatic rings. The molecule has 2 N–H and O–H groups in total. The van der Waals surface area contributed by atoms with E-state index in [1.165, 1.54) is 13.2 Å². The molecule has 0 spiro atoms. The van der Waals surface area contributed by atoms with Gasteiger partial charge in [0.05, 0.1) is 34.0 Å². The van der Waals surface area contributed by atoms with Crippen LogP contribution in [-0.2, 0) is 14.3 Å². The molecule has 2 amide bonds. The summed E-state index contributed by atoms with van der Waals surface area (Å²) in [6, 6.07) is 3.61. The van der Waals surface area contributed by atoms with Crippen LogP contribution in [0.4, 0.5) is 4.79 Å². The number of ether oxygens (including phenoxy) is 5. The minimum atomic E-state index is -0.668. The lowest BCUT2D eigenvalue weighted by atomic mass is 10.1. The van der Waals surface area contributed by atoms with Gasteiger partial charge in [0.1, 0.15) is 17.2 Å². The van der Waals surface area contributed by atoms with E-state index in [-0.39, 0.29) is 18.2 Å². The molecule has 39 heavy (non-hydrogen) atoms. The first-order valence-corrected chi connectivity index (χ1v) is 13.5. The molecule has 0 aliphatic heterocycles. The molecule has 1 rings (SSSR count). The molecule has 1 aromatic carbocycles. The van der Waals surface area contributed by atoms with Crippen LogP contribution in [-0.4, -0.2) is 59.3 Å². The number of nitrogens with one attached hydrogen (secondary N) is 2. The Labute approximate surface area is 235 Å². The maximum absolute atomic E-state index is 12.1. The Kier molecular flexibility index (Phi) is 17.2. The highest BCUT2D eigenvalue weighted by molar-refractivity contribution is 8.02. The largest absolute Gasteiger partial charge is 0.496 e. The van der Waals surface area contributed by atoms with Crippen molar-refractivity contribution in [2.75, 3.05) is 47.3 Å². The Balaban J connectivity index is 2.54. The van der Waals surface area contributed by atoms with Gasteiger partial charge in [0.25, 0.3) is 0 Å². The van der Waals surface area contributed by atoms with E-state index in [0.29, 0.717) is 36.0 Å². The quantitative estimate of drug-likeness (QED) is 0.0975. The van der Waals surface area contributed by atoms with Crippen molar-refractivity contribution in [3.05, 3.63) is 72.1 Å². The van der Waals surface area contributed by atoms with Crippen molar-refractivity contribution in [3.8, 4) is 17.2 Å². The summed E-state index contributed by atoms with van der Waals surface area (Å²) < 4.78 is 26.9. The molecule has 0 radical (unpaired) electrons. The van der Waals surface area contributed by atoms with Crippen molar-refractivity contribution in [2.45, 2.75) is 25.7 Å². The second kappa shape index (κ2) is 20.2. The van der Waals surface area contributed by atoms with Gasteiger partial charge in [-0.05, 0) is 42.9 Å². The summed E-state index contributed by atoms with van der Waals surface area (Å²) in [5, 5.41) is 7.29. The third-order valence-corrected chi connectivity index (χ3v) is 5.94. The molecule has 0 unspecified atom stereocenters. The fraction of sp³-hybridized carbons (Fsp3) is 0.379. The van der Waals surface area contributed by atoms with Gasteiger partial charge in [-0.2, -0.15) is 0 Å². The molecule has 0 saturated carbocycles. The number of benzene rings is 1. The minimum Gasteiger partial charge on any atom is -0.496 e. The summed E-state index contributed by atoms with van der Waals surface area (Å²) in [5.41, 5.74) is 0.824. The zero-order valence-electron chi connectivity index (χ0n) is 23.2. The lowest BCUT2D eigenvalue weighted by Crippen LogP contribution is -2.34. The van der Waals surface area contributed by atoms with Crippen molar-refractivity contribution >= 4 is 29.8 Å². The number of hydrogen-bond donors (Lipinski definition) is 2. The Hall–Kier alpha value is -3.79. The van der Waals surface area contributed by atoms with Gasteiger partial charge in [-0.15, -0.1) is 18.3 Å². The number of alkyl carbamates (subject to hydrolysis) is 1. The second-order valence-corrected chi connectivity index (χ2v) is 8.81. The lowest BCUT2D eigenvalue weighted by Gasteiger charge is -2.12. The van der Waals surface area contributed by atoms with Crippen LogP contribution in [0.5, 0.6) is 17.2 Å². The van der Waals surface area contributed by atoms with Crippen LogP contribution in [0.15, 0.2) is 66.5 Å². The Morgan fingerprint density at radius 3 is 2.23 bits per heavy atom. The van der Waals surface area contributed by atoms with Gasteiger partial charge in [0.15, 0.2) is 11.5 Å². The van der Waals surface area contributed by atoms with Crippen LogP contribution in [0.2, 0.25) is 0 Å². The Morgan fingerprint density at radius 2 is 1.64 bits per heavy atom. The van der Waals surface area contributed by atoms with Gasteiger partial charge in [-0.3, -0.25) is 4.79 Å². The highest BCUT2D eigenvalue weighted by atomic mass is 32.2. The van der Waals surface area contributed by atoms with Crippen LogP contribution in [0.25, 0.3) is 6.08 Å². The fourth-order valence-electron chi connectivity index (χ4n) is 3.15. The standard InChI is InChI=1S/C29H40N2O7S/c1-7-9-10-14-28(32)30-16-17-31-29(33)38-24(8-2)25(35-4)13-11-12-18-39-19-15-23-26(36-5)20-22(34-3)21-27(23)37-6/h7-8,11,13,15,19-21H,1-2,9-10,12,14,16-18H2,3-6H3,(H,30,32)(H,31,33)/b13-11-,19-15+,25-24-. The topological polar surface area (TPSA) is 104 Å². The summed E-state index contributed by atoms with van der Waals surface area (Å²) >= 11 is 1.62. The average Bonchev–Trinajstić information content (AvgIpc) is 2.95. The predicted octanol–water partition coefficient (Wildman–Crippen LogP) is 5.61. The molecule has 0 aliphatic rings. The van der Waals surface area contributed by atoms with E-state index in [1.807, 2.05) is 17.6 Å². The van der Waals surface area contributed by atoms with Crippen molar-refractivity contribution in [3.63, 3.8) is 0 Å². The van der Waals surface area contributed by atoms with Crippen LogP contribution in [0.1, 0.15) is 31.2 Å². The first-order chi connectivity index (χ1) is 18.9. The molecule has 9 nitrogen and oxygen atoms in total. The molecule has 0 aliphatic carbocycles. The fourth-order valence-corrected chi connectivity index (χ4v) is 3.79. The lowest BCUT2D eigenvalue weighted by molar-refractivity contribution is -0.121. The van der Waals surface area contributed by atoms with Crippen LogP contribution in [0.3, 0.4) is 0 Å². The molecule has 214 valence electrons. The number of allylic oxidation sites excluding steroid dienone is 4. The van der Waals surface area contributed by atoms with Crippen LogP contribution in [0, 0.1) is 0 Å². The van der Waals surface area contributed by atoms with E-state index >= 15 is 0 Å². The van der Waals surface area contributed by atoms with E-state index in [2.05, 4.69) is 23.8 Å². The number of hydrogen-bond acceptors (Lipinski definition) is 8. The zero-order chi connectivity index (χ0) is 28.9. The first kappa shape index (κ1) is 33.2. The van der Waals surface area contributed by atoms with E-state index in [0.717, 1.165) is 30.6 Å². The van der Waals surface area contributed by atoms with Gasteiger partial charge < -0.3 is 34.3 Å². The number of methoxy groups -OCH3 is 4. The van der Waals surface area contributed by atoms with Crippen molar-refractivity contribution in [1.82, 2.24) is 10.6 Å². The molecule has 0 bridgehead atoms. The Bertz CT molecular complexity index is 1010. The highest BCUT2D eigenvalue weighted by Gasteiger charge is 2.11. The van der Waals surface area contributed by atoms with E-state index in [1.54, 1.807) is 57.4 Å². The number of carbonyl (C=O) groups is 2. The van der Waals surface area contributed by atoms with E-state index in [9.17, 15) is 9.59 Å². The first-order valence-electron chi connectivity index (χ1n) is 12.4. The molecule has 0 aromatic heterocycles. The smallest absolute Gasteiger partial charge is 0.412 e. The maximum atomic E-state index is 12.1. The third-order valence-electron chi connectivity index (χ3n) is 5.14. The van der Waals surface area contributed by atoms with Crippen LogP contribution >= 0.6 is 11.8 Å². The monoisotopic (exact) mass is 560 g/mol. The van der Waals surface area contributed by atoms with Gasteiger partial charge in [0, 0.05) is 37.4 Å². The van der Waals surface area contributed by atoms with E-state index < -0.39 is 6.09 Å². The maximum Gasteiger partial charge on any atom is 0.412 e. The number of carbonyl (C=O) groups excluding carboxylic acids is 2. The number of rotatable bonds is 19. The van der Waals surface area contributed by atoms with E-state index in [4.69, 9.17) is 23.7 Å². The average molecular weight is 561 g/mol. The normalized spacial score (nSPS) is 11.5.